The molecular weight excluding hydrogens is 470 g/mol. The maximum Gasteiger partial charge on any atom is 0.417 e. The fourth-order valence-electron chi connectivity index (χ4n) is 1.94. The summed E-state index contributed by atoms with van der Waals surface area (Å²) in [5.74, 6) is 0.128. The summed E-state index contributed by atoms with van der Waals surface area (Å²) in [4.78, 5) is 15.8. The van der Waals surface area contributed by atoms with Gasteiger partial charge in [0.15, 0.2) is 0 Å². The van der Waals surface area contributed by atoms with E-state index in [1.165, 1.54) is 6.07 Å². The van der Waals surface area contributed by atoms with Crippen molar-refractivity contribution in [3.8, 4) is 0 Å². The van der Waals surface area contributed by atoms with Crippen LogP contribution in [0.25, 0.3) is 0 Å². The highest BCUT2D eigenvalue weighted by molar-refractivity contribution is 14.1. The Hall–Kier alpha value is -1.55. The zero-order valence-corrected chi connectivity index (χ0v) is 15.7. The van der Waals surface area contributed by atoms with Crippen LogP contribution in [0.4, 0.5) is 19.0 Å². The molecule has 2 aromatic rings. The van der Waals surface area contributed by atoms with Crippen molar-refractivity contribution in [2.45, 2.75) is 12.6 Å². The highest BCUT2D eigenvalue weighted by Gasteiger charge is 2.30. The fourth-order valence-corrected chi connectivity index (χ4v) is 2.69. The first kappa shape index (κ1) is 19.8. The molecule has 0 atom stereocenters. The first-order valence-electron chi connectivity index (χ1n) is 7.28. The number of pyridine rings is 1. The number of carbonyl (C=O) groups is 1. The van der Waals surface area contributed by atoms with E-state index in [-0.39, 0.29) is 5.91 Å². The quantitative estimate of drug-likeness (QED) is 0.467. The maximum atomic E-state index is 12.4. The van der Waals surface area contributed by atoms with E-state index in [1.807, 2.05) is 0 Å². The SMILES string of the molecule is O=C(NCCCNc1ccc(C(F)(F)F)cn1)c1cc(Cl)ccc1I. The summed E-state index contributed by atoms with van der Waals surface area (Å²) >= 11 is 7.94. The second kappa shape index (κ2) is 8.70. The maximum absolute atomic E-state index is 12.4. The summed E-state index contributed by atoms with van der Waals surface area (Å²) in [6.45, 7) is 0.875. The van der Waals surface area contributed by atoms with Gasteiger partial charge >= 0.3 is 6.18 Å². The van der Waals surface area contributed by atoms with Gasteiger partial charge in [0, 0.05) is 27.9 Å². The Kier molecular flexibility index (Phi) is 6.88. The summed E-state index contributed by atoms with van der Waals surface area (Å²) in [7, 11) is 0. The molecule has 134 valence electrons. The number of hydrogen-bond donors (Lipinski definition) is 2. The Bertz CT molecular complexity index is 738. The lowest BCUT2D eigenvalue weighted by Crippen LogP contribution is -2.26. The standard InChI is InChI=1S/C16H14ClF3IN3O/c17-11-3-4-13(21)12(8-11)15(25)23-7-1-6-22-14-5-2-10(9-24-14)16(18,19)20/h2-5,8-9H,1,6-7H2,(H,22,24)(H,23,25). The van der Waals surface area contributed by atoms with Crippen molar-refractivity contribution in [2.75, 3.05) is 18.4 Å². The summed E-state index contributed by atoms with van der Waals surface area (Å²) in [6.07, 6.45) is -3.02. The van der Waals surface area contributed by atoms with Gasteiger partial charge in [0.1, 0.15) is 5.82 Å². The predicted molar refractivity (Wildman–Crippen MR) is 98.8 cm³/mol. The molecule has 0 aliphatic carbocycles. The molecule has 1 aromatic heterocycles. The topological polar surface area (TPSA) is 54.0 Å². The van der Waals surface area contributed by atoms with Crippen molar-refractivity contribution >= 4 is 45.9 Å². The van der Waals surface area contributed by atoms with Crippen molar-refractivity contribution in [3.05, 3.63) is 56.2 Å². The molecule has 2 N–H and O–H groups in total. The van der Waals surface area contributed by atoms with Gasteiger partial charge in [-0.1, -0.05) is 11.6 Å². The summed E-state index contributed by atoms with van der Waals surface area (Å²) in [6, 6.07) is 7.31. The fraction of sp³-hybridized carbons (Fsp3) is 0.250. The summed E-state index contributed by atoms with van der Waals surface area (Å²) in [5.41, 5.74) is -0.285. The molecule has 0 aliphatic rings. The number of aromatic nitrogens is 1. The zero-order chi connectivity index (χ0) is 18.4. The van der Waals surface area contributed by atoms with E-state index in [9.17, 15) is 18.0 Å². The first-order valence-corrected chi connectivity index (χ1v) is 8.73. The number of nitrogens with zero attached hydrogens (tertiary/aromatic N) is 1. The molecule has 1 amide bonds. The van der Waals surface area contributed by atoms with Gasteiger partial charge in [-0.05, 0) is 59.3 Å². The van der Waals surface area contributed by atoms with Crippen LogP contribution in [0.15, 0.2) is 36.5 Å². The van der Waals surface area contributed by atoms with Crippen molar-refractivity contribution in [2.24, 2.45) is 0 Å². The number of benzene rings is 1. The normalized spacial score (nSPS) is 11.2. The Morgan fingerprint density at radius 2 is 1.96 bits per heavy atom. The van der Waals surface area contributed by atoms with Crippen molar-refractivity contribution < 1.29 is 18.0 Å². The summed E-state index contributed by atoms with van der Waals surface area (Å²) < 4.78 is 38.1. The Balaban J connectivity index is 1.74. The largest absolute Gasteiger partial charge is 0.417 e. The van der Waals surface area contributed by atoms with Crippen LogP contribution in [0.3, 0.4) is 0 Å². The van der Waals surface area contributed by atoms with Crippen molar-refractivity contribution in [1.29, 1.82) is 0 Å². The van der Waals surface area contributed by atoms with Gasteiger partial charge in [0.2, 0.25) is 0 Å². The molecule has 0 fully saturated rings. The van der Waals surface area contributed by atoms with E-state index in [0.29, 0.717) is 35.9 Å². The van der Waals surface area contributed by atoms with Crippen molar-refractivity contribution in [1.82, 2.24) is 10.3 Å². The van der Waals surface area contributed by atoms with Gasteiger partial charge in [-0.3, -0.25) is 4.79 Å². The molecule has 0 bridgehead atoms. The van der Waals surface area contributed by atoms with E-state index in [1.54, 1.807) is 18.2 Å². The molecule has 4 nitrogen and oxygen atoms in total. The molecule has 9 heteroatoms. The first-order chi connectivity index (χ1) is 11.8. The van der Waals surface area contributed by atoms with Gasteiger partial charge in [0.05, 0.1) is 11.1 Å². The molecule has 2 rings (SSSR count). The van der Waals surface area contributed by atoms with Crippen LogP contribution in [0.5, 0.6) is 0 Å². The molecule has 0 unspecified atom stereocenters. The van der Waals surface area contributed by atoms with Crippen molar-refractivity contribution in [3.63, 3.8) is 0 Å². The van der Waals surface area contributed by atoms with E-state index in [4.69, 9.17) is 11.6 Å². The Morgan fingerprint density at radius 1 is 1.20 bits per heavy atom. The van der Waals surface area contributed by atoms with Gasteiger partial charge < -0.3 is 10.6 Å². The van der Waals surface area contributed by atoms with E-state index in [0.717, 1.165) is 15.8 Å². The van der Waals surface area contributed by atoms with Crippen LogP contribution in [0.2, 0.25) is 5.02 Å². The third kappa shape index (κ3) is 6.03. The van der Waals surface area contributed by atoms with Crippen LogP contribution < -0.4 is 10.6 Å². The molecule has 0 spiro atoms. The minimum atomic E-state index is -4.40. The second-order valence-electron chi connectivity index (χ2n) is 5.09. The van der Waals surface area contributed by atoms with Gasteiger partial charge in [-0.15, -0.1) is 0 Å². The minimum absolute atomic E-state index is 0.223. The molecule has 1 aromatic carbocycles. The number of amides is 1. The number of alkyl halides is 3. The Morgan fingerprint density at radius 3 is 2.60 bits per heavy atom. The second-order valence-corrected chi connectivity index (χ2v) is 6.69. The Labute approximate surface area is 161 Å². The highest BCUT2D eigenvalue weighted by Crippen LogP contribution is 2.28. The van der Waals surface area contributed by atoms with Crippen LogP contribution in [-0.4, -0.2) is 24.0 Å². The van der Waals surface area contributed by atoms with E-state index < -0.39 is 11.7 Å². The molecule has 0 saturated heterocycles. The third-order valence-electron chi connectivity index (χ3n) is 3.21. The summed E-state index contributed by atoms with van der Waals surface area (Å²) in [5, 5.41) is 6.16. The number of rotatable bonds is 6. The highest BCUT2D eigenvalue weighted by atomic mass is 127. The van der Waals surface area contributed by atoms with Crippen LogP contribution in [-0.2, 0) is 6.18 Å². The molecule has 1 heterocycles. The third-order valence-corrected chi connectivity index (χ3v) is 4.38. The van der Waals surface area contributed by atoms with Crippen LogP contribution in [0.1, 0.15) is 22.3 Å². The molecule has 0 radical (unpaired) electrons. The lowest BCUT2D eigenvalue weighted by Gasteiger charge is -2.10. The van der Waals surface area contributed by atoms with E-state index in [2.05, 4.69) is 38.2 Å². The zero-order valence-electron chi connectivity index (χ0n) is 12.8. The van der Waals surface area contributed by atoms with Gasteiger partial charge in [-0.2, -0.15) is 13.2 Å². The smallest absolute Gasteiger partial charge is 0.370 e. The van der Waals surface area contributed by atoms with Gasteiger partial charge in [0.25, 0.3) is 5.91 Å². The van der Waals surface area contributed by atoms with Crippen LogP contribution in [0, 0.1) is 3.57 Å². The lowest BCUT2D eigenvalue weighted by molar-refractivity contribution is -0.137. The number of nitrogens with one attached hydrogen (secondary N) is 2. The number of anilines is 1. The van der Waals surface area contributed by atoms with E-state index >= 15 is 0 Å². The minimum Gasteiger partial charge on any atom is -0.370 e. The number of hydrogen-bond acceptors (Lipinski definition) is 3. The van der Waals surface area contributed by atoms with Crippen LogP contribution >= 0.6 is 34.2 Å². The average molecular weight is 484 g/mol. The monoisotopic (exact) mass is 483 g/mol. The number of halogens is 5. The predicted octanol–water partition coefficient (Wildman–Crippen LogP) is 4.59. The number of carbonyl (C=O) groups excluding carboxylic acids is 1. The average Bonchev–Trinajstić information content (AvgIpc) is 2.56. The molecule has 25 heavy (non-hydrogen) atoms. The molecular formula is C16H14ClF3IN3O. The molecule has 0 aliphatic heterocycles. The molecule has 0 saturated carbocycles. The van der Waals surface area contributed by atoms with Gasteiger partial charge in [-0.25, -0.2) is 4.98 Å². The lowest BCUT2D eigenvalue weighted by atomic mass is 10.2.